The molecular formula is C11H21Cl2N3O2S. The van der Waals surface area contributed by atoms with Gasteiger partial charge < -0.3 is 0 Å². The largest absolute Gasteiger partial charge is 0.281 e. The van der Waals surface area contributed by atoms with Gasteiger partial charge in [0.25, 0.3) is 0 Å². The molecular weight excluding hydrogens is 309 g/mol. The Bertz CT molecular complexity index is 491. The van der Waals surface area contributed by atoms with Crippen molar-refractivity contribution in [1.29, 1.82) is 0 Å². The van der Waals surface area contributed by atoms with Crippen LogP contribution < -0.4 is 0 Å². The first-order valence-electron chi connectivity index (χ1n) is 5.94. The molecule has 19 heavy (non-hydrogen) atoms. The molecule has 1 aromatic rings. The predicted octanol–water partition coefficient (Wildman–Crippen LogP) is 2.43. The van der Waals surface area contributed by atoms with E-state index in [9.17, 15) is 8.42 Å². The minimum absolute atomic E-state index is 0. The average molecular weight is 330 g/mol. The van der Waals surface area contributed by atoms with Crippen molar-refractivity contribution in [2.75, 3.05) is 7.05 Å². The van der Waals surface area contributed by atoms with Crippen molar-refractivity contribution in [3.8, 4) is 0 Å². The summed E-state index contributed by atoms with van der Waals surface area (Å²) in [6.45, 7) is 3.47. The maximum atomic E-state index is 12.5. The zero-order chi connectivity index (χ0) is 12.6. The predicted molar refractivity (Wildman–Crippen MR) is 79.8 cm³/mol. The van der Waals surface area contributed by atoms with Crippen molar-refractivity contribution >= 4 is 34.8 Å². The second-order valence-corrected chi connectivity index (χ2v) is 6.66. The Hall–Kier alpha value is -0.300. The number of aromatic amines is 1. The molecule has 1 aliphatic rings. The Balaban J connectivity index is 0.00000162. The molecule has 1 aromatic heterocycles. The number of hydrogen-bond acceptors (Lipinski definition) is 3. The summed E-state index contributed by atoms with van der Waals surface area (Å²) in [4.78, 5) is 0.340. The van der Waals surface area contributed by atoms with Gasteiger partial charge in [-0.3, -0.25) is 5.10 Å². The van der Waals surface area contributed by atoms with Crippen LogP contribution in [0.15, 0.2) is 4.90 Å². The summed E-state index contributed by atoms with van der Waals surface area (Å²) in [5, 5.41) is 6.69. The summed E-state index contributed by atoms with van der Waals surface area (Å²) in [5.41, 5.74) is 1.17. The van der Waals surface area contributed by atoms with Crippen LogP contribution in [-0.2, 0) is 10.0 Å². The maximum absolute atomic E-state index is 12.5. The molecule has 0 radical (unpaired) electrons. The van der Waals surface area contributed by atoms with Gasteiger partial charge in [-0.1, -0.05) is 12.8 Å². The van der Waals surface area contributed by atoms with Gasteiger partial charge in [-0.05, 0) is 26.7 Å². The number of aromatic nitrogens is 2. The smallest absolute Gasteiger partial charge is 0.246 e. The first-order chi connectivity index (χ1) is 7.94. The second-order valence-electron chi connectivity index (χ2n) is 4.72. The van der Waals surface area contributed by atoms with Crippen LogP contribution >= 0.6 is 24.8 Å². The molecule has 1 saturated carbocycles. The van der Waals surface area contributed by atoms with Crippen molar-refractivity contribution in [3.63, 3.8) is 0 Å². The molecule has 1 heterocycles. The van der Waals surface area contributed by atoms with Gasteiger partial charge in [0.1, 0.15) is 4.90 Å². The van der Waals surface area contributed by atoms with Gasteiger partial charge in [-0.2, -0.15) is 9.40 Å². The van der Waals surface area contributed by atoms with E-state index in [1.807, 2.05) is 0 Å². The minimum atomic E-state index is -3.40. The van der Waals surface area contributed by atoms with E-state index >= 15 is 0 Å². The number of halogens is 2. The topological polar surface area (TPSA) is 66.1 Å². The van der Waals surface area contributed by atoms with E-state index in [0.717, 1.165) is 25.7 Å². The first kappa shape index (κ1) is 18.7. The molecule has 0 spiro atoms. The molecule has 1 aliphatic carbocycles. The maximum Gasteiger partial charge on any atom is 0.246 e. The Morgan fingerprint density at radius 2 is 1.74 bits per heavy atom. The summed E-state index contributed by atoms with van der Waals surface area (Å²) in [6, 6.07) is 0.147. The quantitative estimate of drug-likeness (QED) is 0.926. The van der Waals surface area contributed by atoms with Gasteiger partial charge >= 0.3 is 0 Å². The Morgan fingerprint density at radius 1 is 1.21 bits per heavy atom. The molecule has 8 heteroatoms. The fourth-order valence-electron chi connectivity index (χ4n) is 2.53. The lowest BCUT2D eigenvalue weighted by Gasteiger charge is -2.23. The molecule has 0 amide bonds. The molecule has 112 valence electrons. The summed E-state index contributed by atoms with van der Waals surface area (Å²) >= 11 is 0. The van der Waals surface area contributed by atoms with E-state index < -0.39 is 10.0 Å². The summed E-state index contributed by atoms with van der Waals surface area (Å²) in [7, 11) is -1.72. The number of H-pyrrole nitrogens is 1. The van der Waals surface area contributed by atoms with Gasteiger partial charge in [0, 0.05) is 13.1 Å². The van der Waals surface area contributed by atoms with Crippen molar-refractivity contribution in [3.05, 3.63) is 11.4 Å². The highest BCUT2D eigenvalue weighted by atomic mass is 35.5. The standard InChI is InChI=1S/C11H19N3O2S.2ClH/c1-8-11(9(2)13-12-8)17(15,16)14(3)10-6-4-5-7-10;;/h10H,4-7H2,1-3H3,(H,12,13);2*1H. The Kier molecular flexibility index (Phi) is 6.82. The zero-order valence-corrected chi connectivity index (χ0v) is 13.8. The number of nitrogens with one attached hydrogen (secondary N) is 1. The van der Waals surface area contributed by atoms with Gasteiger partial charge in [-0.15, -0.1) is 24.8 Å². The van der Waals surface area contributed by atoms with Crippen LogP contribution in [-0.4, -0.2) is 36.0 Å². The van der Waals surface area contributed by atoms with Crippen molar-refractivity contribution < 1.29 is 8.42 Å². The third kappa shape index (κ3) is 3.42. The highest BCUT2D eigenvalue weighted by molar-refractivity contribution is 7.89. The Labute approximate surface area is 127 Å². The van der Waals surface area contributed by atoms with Crippen LogP contribution in [0, 0.1) is 13.8 Å². The van der Waals surface area contributed by atoms with Crippen LogP contribution in [0.25, 0.3) is 0 Å². The van der Waals surface area contributed by atoms with Crippen LogP contribution in [0.1, 0.15) is 37.1 Å². The first-order valence-corrected chi connectivity index (χ1v) is 7.38. The highest BCUT2D eigenvalue weighted by Crippen LogP contribution is 2.29. The molecule has 0 aliphatic heterocycles. The van der Waals surface area contributed by atoms with Crippen molar-refractivity contribution in [2.45, 2.75) is 50.5 Å². The number of nitrogens with zero attached hydrogens (tertiary/aromatic N) is 2. The lowest BCUT2D eigenvalue weighted by molar-refractivity contribution is 0.372. The number of rotatable bonds is 3. The number of hydrogen-bond donors (Lipinski definition) is 1. The van der Waals surface area contributed by atoms with E-state index in [1.54, 1.807) is 20.9 Å². The van der Waals surface area contributed by atoms with Crippen LogP contribution in [0.5, 0.6) is 0 Å². The highest BCUT2D eigenvalue weighted by Gasteiger charge is 2.33. The molecule has 0 atom stereocenters. The fourth-order valence-corrected chi connectivity index (χ4v) is 4.27. The van der Waals surface area contributed by atoms with Crippen molar-refractivity contribution in [2.24, 2.45) is 0 Å². The fraction of sp³-hybridized carbons (Fsp3) is 0.727. The third-order valence-corrected chi connectivity index (χ3v) is 5.71. The van der Waals surface area contributed by atoms with Crippen LogP contribution in [0.2, 0.25) is 0 Å². The average Bonchev–Trinajstić information content (AvgIpc) is 2.87. The molecule has 1 N–H and O–H groups in total. The Morgan fingerprint density at radius 3 is 2.16 bits per heavy atom. The molecule has 0 saturated heterocycles. The zero-order valence-electron chi connectivity index (χ0n) is 11.3. The van der Waals surface area contributed by atoms with Gasteiger partial charge in [0.2, 0.25) is 10.0 Å². The molecule has 0 aromatic carbocycles. The van der Waals surface area contributed by atoms with E-state index in [1.165, 1.54) is 4.31 Å². The molecule has 1 fully saturated rings. The summed E-state index contributed by atoms with van der Waals surface area (Å²) < 4.78 is 26.5. The molecule has 2 rings (SSSR count). The van der Waals surface area contributed by atoms with Crippen LogP contribution in [0.4, 0.5) is 0 Å². The lowest BCUT2D eigenvalue weighted by Crippen LogP contribution is -2.35. The van der Waals surface area contributed by atoms with Gasteiger partial charge in [0.05, 0.1) is 11.4 Å². The normalized spacial score (nSPS) is 16.2. The van der Waals surface area contributed by atoms with Gasteiger partial charge in [0.15, 0.2) is 0 Å². The molecule has 5 nitrogen and oxygen atoms in total. The van der Waals surface area contributed by atoms with E-state index in [2.05, 4.69) is 10.2 Å². The van der Waals surface area contributed by atoms with E-state index in [-0.39, 0.29) is 30.9 Å². The van der Waals surface area contributed by atoms with Gasteiger partial charge in [-0.25, -0.2) is 8.42 Å². The van der Waals surface area contributed by atoms with E-state index in [4.69, 9.17) is 0 Å². The lowest BCUT2D eigenvalue weighted by atomic mass is 10.3. The minimum Gasteiger partial charge on any atom is -0.281 e. The monoisotopic (exact) mass is 329 g/mol. The SMILES string of the molecule is Cc1n[nH]c(C)c1S(=O)(=O)N(C)C1CCCC1.Cl.Cl. The van der Waals surface area contributed by atoms with Crippen molar-refractivity contribution in [1.82, 2.24) is 14.5 Å². The second kappa shape index (κ2) is 6.92. The number of aryl methyl sites for hydroxylation is 2. The summed E-state index contributed by atoms with van der Waals surface area (Å²) in [5.74, 6) is 0. The molecule has 0 bridgehead atoms. The third-order valence-electron chi connectivity index (χ3n) is 3.54. The summed E-state index contributed by atoms with van der Waals surface area (Å²) in [6.07, 6.45) is 4.17. The molecule has 0 unspecified atom stereocenters. The number of sulfonamides is 1. The van der Waals surface area contributed by atoms with Crippen LogP contribution in [0.3, 0.4) is 0 Å². The van der Waals surface area contributed by atoms with E-state index in [0.29, 0.717) is 16.3 Å².